The number of esters is 1. The van der Waals surface area contributed by atoms with Crippen molar-refractivity contribution in [1.29, 1.82) is 5.26 Å². The van der Waals surface area contributed by atoms with Crippen LogP contribution in [0.1, 0.15) is 60.6 Å². The first kappa shape index (κ1) is 55.8. The van der Waals surface area contributed by atoms with E-state index in [1.807, 2.05) is 42.5 Å². The van der Waals surface area contributed by atoms with Gasteiger partial charge in [-0.05, 0) is 15.4 Å². The third-order valence-electron chi connectivity index (χ3n) is 10.4. The number of ether oxygens (including phenoxy) is 4. The molecule has 0 aliphatic carbocycles. The van der Waals surface area contributed by atoms with Gasteiger partial charge in [-0.15, -0.1) is 0 Å². The van der Waals surface area contributed by atoms with E-state index in [0.717, 1.165) is 38.3 Å². The number of carboxylic acid groups (broad SMARTS) is 1. The summed E-state index contributed by atoms with van der Waals surface area (Å²) in [5, 5.41) is 23.6. The molecule has 0 radical (unpaired) electrons. The van der Waals surface area contributed by atoms with Crippen LogP contribution in [0.3, 0.4) is 0 Å². The number of imidazole rings is 1. The second kappa shape index (κ2) is 26.9. The zero-order valence-corrected chi connectivity index (χ0v) is 45.6. The van der Waals surface area contributed by atoms with Gasteiger partial charge in [-0.2, -0.15) is 10.2 Å². The summed E-state index contributed by atoms with van der Waals surface area (Å²) >= 11 is 0. The molecule has 1 aliphatic heterocycles. The Morgan fingerprint density at radius 2 is 1.53 bits per heavy atom. The smallest absolute Gasteiger partial charge is 0.474 e. The van der Waals surface area contributed by atoms with Gasteiger partial charge in [-0.3, -0.25) is 47.6 Å². The molecule has 372 valence electrons. The molecule has 68 heavy (non-hydrogen) atoms. The van der Waals surface area contributed by atoms with Gasteiger partial charge in [0, 0.05) is 18.8 Å². The largest absolute Gasteiger partial charge is 0.481 e. The first-order chi connectivity index (χ1) is 32.4. The molecule has 5 rings (SSSR count). The lowest BCUT2D eigenvalue weighted by atomic mass is 9.94. The van der Waals surface area contributed by atoms with E-state index >= 15 is 0 Å². The molecule has 3 N–H and O–H groups in total. The molecule has 1 fully saturated rings. The number of aliphatic carboxylic acids is 1. The minimum absolute atomic E-state index is 0.0471. The number of H-pyrrole nitrogens is 1. The van der Waals surface area contributed by atoms with Crippen LogP contribution in [0.15, 0.2) is 71.8 Å². The van der Waals surface area contributed by atoms with Crippen molar-refractivity contribution in [3.63, 3.8) is 0 Å². The van der Waals surface area contributed by atoms with Gasteiger partial charge in [0.1, 0.15) is 21.0 Å². The molecule has 1 aliphatic rings. The highest BCUT2D eigenvalue weighted by Crippen LogP contribution is 2.51. The van der Waals surface area contributed by atoms with Gasteiger partial charge < -0.3 is 32.6 Å². The van der Waals surface area contributed by atoms with Gasteiger partial charge in [-0.25, -0.2) is 9.55 Å². The fourth-order valence-electron chi connectivity index (χ4n) is 7.41. The zero-order chi connectivity index (χ0) is 49.9. The van der Waals surface area contributed by atoms with Gasteiger partial charge in [0.05, 0.1) is 84.2 Å². The number of nitrogens with zero attached hydrogens (tertiary/aromatic N) is 4. The third-order valence-corrected chi connectivity index (χ3v) is 16.9. The Balaban J connectivity index is 0.00000327. The minimum atomic E-state index is -4.44. The van der Waals surface area contributed by atoms with E-state index in [4.69, 9.17) is 42.2 Å². The molecule has 0 spiro atoms. The second-order valence-electron chi connectivity index (χ2n) is 16.7. The molecule has 0 bridgehead atoms. The number of hydrogen-bond donors (Lipinski definition) is 3. The van der Waals surface area contributed by atoms with E-state index < -0.39 is 82.8 Å². The topological polar surface area (TPSA) is 271 Å². The summed E-state index contributed by atoms with van der Waals surface area (Å²) in [6.45, 7) is 10.9. The first-order valence-electron chi connectivity index (χ1n) is 21.9. The number of benzene rings is 2. The highest BCUT2D eigenvalue weighted by Gasteiger charge is 2.51. The maximum atomic E-state index is 13.9. The molecule has 1 unspecified atom stereocenters. The summed E-state index contributed by atoms with van der Waals surface area (Å²) in [4.78, 5) is 60.7. The molecule has 25 heteroatoms. The molecular formula is C43H63N6O15PSi3. The van der Waals surface area contributed by atoms with Crippen molar-refractivity contribution < 1.29 is 65.1 Å². The van der Waals surface area contributed by atoms with Crippen LogP contribution in [0.2, 0.25) is 5.04 Å². The van der Waals surface area contributed by atoms with Crippen molar-refractivity contribution in [2.45, 2.75) is 77.9 Å². The Bertz CT molecular complexity index is 2340. The number of phosphoric acid groups is 1. The molecule has 21 nitrogen and oxygen atoms in total. The lowest BCUT2D eigenvalue weighted by Crippen LogP contribution is -2.66. The molecule has 3 heterocycles. The van der Waals surface area contributed by atoms with Gasteiger partial charge in [0.25, 0.3) is 13.9 Å². The summed E-state index contributed by atoms with van der Waals surface area (Å²) in [5.74, 6) is -4.22. The minimum Gasteiger partial charge on any atom is -0.481 e. The van der Waals surface area contributed by atoms with Crippen LogP contribution in [-0.2, 0) is 60.0 Å². The Morgan fingerprint density at radius 1 is 0.956 bits per heavy atom. The first-order valence-corrected chi connectivity index (χ1v) is 26.9. The summed E-state index contributed by atoms with van der Waals surface area (Å²) in [6, 6.07) is 22.5. The van der Waals surface area contributed by atoms with Crippen molar-refractivity contribution in [3.8, 4) is 6.07 Å². The van der Waals surface area contributed by atoms with Crippen LogP contribution in [-0.4, -0.2) is 137 Å². The van der Waals surface area contributed by atoms with Crippen LogP contribution in [0.4, 0.5) is 5.95 Å². The van der Waals surface area contributed by atoms with Crippen LogP contribution in [0.5, 0.6) is 0 Å². The maximum Gasteiger partial charge on any atom is 0.474 e. The summed E-state index contributed by atoms with van der Waals surface area (Å²) in [7, 11) is -5.30. The number of anilines is 1. The number of fused-ring (bicyclic) bond motifs is 1. The van der Waals surface area contributed by atoms with Gasteiger partial charge >= 0.3 is 19.8 Å². The maximum absolute atomic E-state index is 13.9. The van der Waals surface area contributed by atoms with Gasteiger partial charge in [-0.1, -0.05) is 95.3 Å². The highest BCUT2D eigenvalue weighted by atomic mass is 31.2. The van der Waals surface area contributed by atoms with E-state index in [1.165, 1.54) is 10.9 Å². The van der Waals surface area contributed by atoms with E-state index in [1.54, 1.807) is 13.8 Å². The Kier molecular flexibility index (Phi) is 22.1. The normalized spacial score (nSPS) is 18.1. The molecule has 0 saturated carbocycles. The number of carbonyl (C=O) groups is 3. The van der Waals surface area contributed by atoms with E-state index in [0.29, 0.717) is 13.2 Å². The number of carboxylic acids is 1. The number of rotatable bonds is 25. The van der Waals surface area contributed by atoms with Crippen molar-refractivity contribution >= 4 is 82.4 Å². The molecule has 2 aromatic carbocycles. The second-order valence-corrected chi connectivity index (χ2v) is 26.0. The lowest BCUT2D eigenvalue weighted by Gasteiger charge is -2.43. The Hall–Kier alpha value is -4.75. The molecule has 5 atom stereocenters. The highest BCUT2D eigenvalue weighted by molar-refractivity contribution is 7.48. The number of nitrogens with one attached hydrogen (secondary N) is 2. The van der Waals surface area contributed by atoms with Gasteiger partial charge in [0.15, 0.2) is 23.5 Å². The standard InChI is InChI=1S/C43H57N6O14PSi.H6OSi2/c1-29(2)39(53)47-42-46-38-36(40(54)48-42)45-28-49(38)41-37(62-30(3)50)33(26-35(51)52)34(63-41)27-60-64(55,58-19-13-18-44)59-24-22-56-20-21-57-23-25-61-65(43(4,5)6,31-14-9-7-10-15-31)32-16-11-8-12-17-32;2-1-3/h7-12,14-17,28-29,33-34,37,41H,13,19-27H2,1-6H3,(H,51,52)(H2,46,47,48,53,54);2-3H3/t33-,34+,37-,41-,64?;/m1./s1. The van der Waals surface area contributed by atoms with Crippen molar-refractivity contribution in [3.05, 3.63) is 77.3 Å². The fraction of sp³-hybridized carbons (Fsp3) is 0.512. The van der Waals surface area contributed by atoms with Crippen molar-refractivity contribution in [1.82, 2.24) is 19.5 Å². The zero-order valence-electron chi connectivity index (χ0n) is 39.7. The number of aromatic amines is 1. The molecule has 1 saturated heterocycles. The predicted molar refractivity (Wildman–Crippen MR) is 259 cm³/mol. The van der Waals surface area contributed by atoms with Crippen LogP contribution < -0.4 is 21.2 Å². The molecule has 2 aromatic heterocycles. The average molecular weight is 1020 g/mol. The quantitative estimate of drug-likeness (QED) is 0.0370. The number of amides is 1. The molecule has 1 amide bonds. The van der Waals surface area contributed by atoms with Crippen LogP contribution in [0, 0.1) is 23.2 Å². The Labute approximate surface area is 402 Å². The number of phosphoric ester groups is 1. The van der Waals surface area contributed by atoms with E-state index in [-0.39, 0.29) is 61.6 Å². The SMILES string of the molecule is CC(=O)O[C@@H]1[C@H](CC(=O)O)[C@H](COP(=O)(OCCC#N)OCCOCCOCCO[Si](c2ccccc2)(c2ccccc2)C(C)(C)C)O[C@H]1n1cnc2c(=O)[nH]c(NC(=O)C(C)C)nc21.[SiH3]O[SiH3]. The third kappa shape index (κ3) is 15.4. The fourth-order valence-corrected chi connectivity index (χ4v) is 13.1. The predicted octanol–water partition coefficient (Wildman–Crippen LogP) is 1.88. The lowest BCUT2D eigenvalue weighted by molar-refractivity contribution is -0.155. The number of nitriles is 1. The number of carbonyl (C=O) groups excluding carboxylic acids is 2. The molecular weight excluding hydrogens is 956 g/mol. The average Bonchev–Trinajstić information content (AvgIpc) is 3.85. The summed E-state index contributed by atoms with van der Waals surface area (Å²) in [5.41, 5.74) is -0.920. The number of aromatic nitrogens is 4. The van der Waals surface area contributed by atoms with Gasteiger partial charge in [0.2, 0.25) is 11.9 Å². The summed E-state index contributed by atoms with van der Waals surface area (Å²) in [6.07, 6.45) is -3.39. The van der Waals surface area contributed by atoms with E-state index in [9.17, 15) is 28.8 Å². The monoisotopic (exact) mass is 1020 g/mol. The van der Waals surface area contributed by atoms with Crippen LogP contribution >= 0.6 is 7.82 Å². The Morgan fingerprint density at radius 3 is 2.07 bits per heavy atom. The summed E-state index contributed by atoms with van der Waals surface area (Å²) < 4.78 is 66.5. The van der Waals surface area contributed by atoms with E-state index in [2.05, 4.69) is 69.4 Å². The molecule has 4 aromatic rings. The van der Waals surface area contributed by atoms with Crippen molar-refractivity contribution in [2.75, 3.05) is 58.2 Å². The van der Waals surface area contributed by atoms with Crippen molar-refractivity contribution in [2.24, 2.45) is 11.8 Å². The number of hydrogen-bond acceptors (Lipinski definition) is 17. The van der Waals surface area contributed by atoms with Crippen LogP contribution in [0.25, 0.3) is 11.2 Å².